The lowest BCUT2D eigenvalue weighted by atomic mass is 10.0. The van der Waals surface area contributed by atoms with Crippen LogP contribution in [0.15, 0.2) is 34.1 Å². The predicted molar refractivity (Wildman–Crippen MR) is 119 cm³/mol. The highest BCUT2D eigenvalue weighted by Gasteiger charge is 2.20. The second-order valence-corrected chi connectivity index (χ2v) is 9.14. The van der Waals surface area contributed by atoms with Gasteiger partial charge in [0.25, 0.3) is 0 Å². The first kappa shape index (κ1) is 24.2. The van der Waals surface area contributed by atoms with Crippen molar-refractivity contribution in [3.05, 3.63) is 58.2 Å². The van der Waals surface area contributed by atoms with Crippen molar-refractivity contribution in [2.24, 2.45) is 11.5 Å². The van der Waals surface area contributed by atoms with Gasteiger partial charge in [-0.25, -0.2) is 8.78 Å². The number of hydrogen-bond acceptors (Lipinski definition) is 4. The van der Waals surface area contributed by atoms with E-state index in [9.17, 15) is 18.4 Å². The summed E-state index contributed by atoms with van der Waals surface area (Å²) in [6.45, 7) is 4.04. The fourth-order valence-electron chi connectivity index (χ4n) is 3.05. The van der Waals surface area contributed by atoms with Crippen LogP contribution >= 0.6 is 21.6 Å². The van der Waals surface area contributed by atoms with Crippen LogP contribution in [0.5, 0.6) is 0 Å². The third-order valence-corrected chi connectivity index (χ3v) is 7.23. The summed E-state index contributed by atoms with van der Waals surface area (Å²) in [6, 6.07) is 5.06. The molecule has 0 aliphatic carbocycles. The van der Waals surface area contributed by atoms with Crippen molar-refractivity contribution < 1.29 is 18.4 Å². The van der Waals surface area contributed by atoms with Gasteiger partial charge in [0.1, 0.15) is 11.6 Å². The van der Waals surface area contributed by atoms with Crippen LogP contribution in [-0.4, -0.2) is 11.8 Å². The van der Waals surface area contributed by atoms with Crippen LogP contribution in [0.2, 0.25) is 0 Å². The van der Waals surface area contributed by atoms with Gasteiger partial charge in [-0.1, -0.05) is 48.3 Å². The van der Waals surface area contributed by atoms with Gasteiger partial charge in [0, 0.05) is 9.79 Å². The van der Waals surface area contributed by atoms with Crippen LogP contribution in [0, 0.1) is 11.6 Å². The lowest BCUT2D eigenvalue weighted by molar-refractivity contribution is 0.0988. The number of halogens is 2. The zero-order valence-corrected chi connectivity index (χ0v) is 18.7. The molecule has 0 saturated heterocycles. The number of benzene rings is 2. The lowest BCUT2D eigenvalue weighted by Gasteiger charge is -2.16. The summed E-state index contributed by atoms with van der Waals surface area (Å²) in [6.07, 6.45) is 4.64. The van der Waals surface area contributed by atoms with Gasteiger partial charge in [0.15, 0.2) is 0 Å². The molecule has 0 aromatic heterocycles. The maximum absolute atomic E-state index is 14.0. The van der Waals surface area contributed by atoms with E-state index < -0.39 is 23.4 Å². The highest BCUT2D eigenvalue weighted by atomic mass is 33.1. The normalized spacial score (nSPS) is 10.9. The van der Waals surface area contributed by atoms with Gasteiger partial charge in [0.05, 0.1) is 11.1 Å². The third-order valence-electron chi connectivity index (χ3n) is 4.60. The van der Waals surface area contributed by atoms with Crippen molar-refractivity contribution in [1.29, 1.82) is 0 Å². The average Bonchev–Trinajstić information content (AvgIpc) is 2.69. The summed E-state index contributed by atoms with van der Waals surface area (Å²) in [5.41, 5.74) is 12.5. The van der Waals surface area contributed by atoms with E-state index in [2.05, 4.69) is 0 Å². The Bertz CT molecular complexity index is 860. The van der Waals surface area contributed by atoms with E-state index in [0.717, 1.165) is 37.8 Å². The Balaban J connectivity index is 2.49. The maximum Gasteiger partial charge on any atom is 0.249 e. The Labute approximate surface area is 183 Å². The number of unbranched alkanes of at least 4 members (excludes halogenated alkanes) is 2. The molecule has 8 heteroatoms. The molecule has 0 saturated carbocycles. The fraction of sp³-hybridized carbons (Fsp3) is 0.364. The van der Waals surface area contributed by atoms with Crippen molar-refractivity contribution in [1.82, 2.24) is 0 Å². The molecule has 0 heterocycles. The van der Waals surface area contributed by atoms with Crippen LogP contribution < -0.4 is 11.5 Å². The molecule has 162 valence electrons. The Morgan fingerprint density at radius 3 is 1.43 bits per heavy atom. The minimum absolute atomic E-state index is 0.0939. The molecule has 0 aliphatic rings. The summed E-state index contributed by atoms with van der Waals surface area (Å²) >= 11 is 0. The molecule has 2 aromatic carbocycles. The standard InChI is InChI=1S/C22H26F2N2O2S2/c1-3-5-7-13-9-15(23)11-17(21(25)27)19(13)29-30-20-14(8-6-4-2)10-16(24)12-18(20)22(26)28/h9-12H,3-8H2,1-2H3,(H2,25,27)(H2,26,28). The predicted octanol–water partition coefficient (Wildman–Crippen LogP) is 5.65. The van der Waals surface area contributed by atoms with Gasteiger partial charge >= 0.3 is 0 Å². The van der Waals surface area contributed by atoms with Crippen molar-refractivity contribution in [2.75, 3.05) is 0 Å². The maximum atomic E-state index is 14.0. The zero-order chi connectivity index (χ0) is 22.3. The van der Waals surface area contributed by atoms with Crippen LogP contribution in [0.3, 0.4) is 0 Å². The first-order valence-corrected chi connectivity index (χ1v) is 12.0. The first-order valence-electron chi connectivity index (χ1n) is 9.87. The van der Waals surface area contributed by atoms with Gasteiger partial charge in [0.2, 0.25) is 11.8 Å². The number of aryl methyl sites for hydroxylation is 2. The van der Waals surface area contributed by atoms with Gasteiger partial charge in [-0.15, -0.1) is 0 Å². The number of rotatable bonds is 11. The molecule has 0 bridgehead atoms. The fourth-order valence-corrected chi connectivity index (χ4v) is 5.93. The molecule has 2 amide bonds. The molecule has 0 fully saturated rings. The van der Waals surface area contributed by atoms with Crippen molar-refractivity contribution in [3.8, 4) is 0 Å². The molecule has 0 spiro atoms. The molecule has 4 nitrogen and oxygen atoms in total. The minimum Gasteiger partial charge on any atom is -0.366 e. The van der Waals surface area contributed by atoms with Crippen molar-refractivity contribution in [3.63, 3.8) is 0 Å². The second-order valence-electron chi connectivity index (χ2n) is 6.99. The Morgan fingerprint density at radius 2 is 1.13 bits per heavy atom. The van der Waals surface area contributed by atoms with E-state index in [0.29, 0.717) is 33.8 Å². The van der Waals surface area contributed by atoms with Crippen LogP contribution in [0.25, 0.3) is 0 Å². The minimum atomic E-state index is -0.726. The van der Waals surface area contributed by atoms with E-state index in [1.165, 1.54) is 33.7 Å². The molecular formula is C22H26F2N2O2S2. The number of nitrogens with two attached hydrogens (primary N) is 2. The van der Waals surface area contributed by atoms with Crippen molar-refractivity contribution in [2.45, 2.75) is 62.2 Å². The van der Waals surface area contributed by atoms with Crippen molar-refractivity contribution >= 4 is 33.4 Å². The highest BCUT2D eigenvalue weighted by molar-refractivity contribution is 8.76. The number of hydrogen-bond donors (Lipinski definition) is 2. The van der Waals surface area contributed by atoms with E-state index >= 15 is 0 Å². The van der Waals surface area contributed by atoms with Gasteiger partial charge < -0.3 is 11.5 Å². The Hall–Kier alpha value is -2.06. The molecule has 30 heavy (non-hydrogen) atoms. The zero-order valence-electron chi connectivity index (χ0n) is 17.1. The molecule has 2 rings (SSSR count). The van der Waals surface area contributed by atoms with E-state index in [1.54, 1.807) is 0 Å². The van der Waals surface area contributed by atoms with Gasteiger partial charge in [-0.05, 0) is 61.1 Å². The molecule has 4 N–H and O–H groups in total. The summed E-state index contributed by atoms with van der Waals surface area (Å²) in [5.74, 6) is -2.49. The first-order chi connectivity index (χ1) is 14.3. The molecule has 0 aliphatic heterocycles. The smallest absolute Gasteiger partial charge is 0.249 e. The van der Waals surface area contributed by atoms with Crippen LogP contribution in [0.4, 0.5) is 8.78 Å². The summed E-state index contributed by atoms with van der Waals surface area (Å²) in [4.78, 5) is 25.0. The third kappa shape index (κ3) is 6.22. The largest absolute Gasteiger partial charge is 0.366 e. The Kier molecular flexibility index (Phi) is 9.17. The summed E-state index contributed by atoms with van der Waals surface area (Å²) in [5, 5.41) is 0. The molecule has 0 unspecified atom stereocenters. The van der Waals surface area contributed by atoms with E-state index in [-0.39, 0.29) is 11.1 Å². The van der Waals surface area contributed by atoms with E-state index in [1.807, 2.05) is 13.8 Å². The van der Waals surface area contributed by atoms with Gasteiger partial charge in [-0.2, -0.15) is 0 Å². The molecule has 0 atom stereocenters. The topological polar surface area (TPSA) is 86.2 Å². The number of carbonyl (C=O) groups is 2. The van der Waals surface area contributed by atoms with E-state index in [4.69, 9.17) is 11.5 Å². The van der Waals surface area contributed by atoms with Crippen LogP contribution in [-0.2, 0) is 12.8 Å². The van der Waals surface area contributed by atoms with Crippen LogP contribution in [0.1, 0.15) is 71.4 Å². The summed E-state index contributed by atoms with van der Waals surface area (Å²) in [7, 11) is 2.44. The molecule has 2 aromatic rings. The average molecular weight is 453 g/mol. The summed E-state index contributed by atoms with van der Waals surface area (Å²) < 4.78 is 28.1. The number of amides is 2. The highest BCUT2D eigenvalue weighted by Crippen LogP contribution is 2.44. The molecule has 0 radical (unpaired) electrons. The molecular weight excluding hydrogens is 426 g/mol. The van der Waals surface area contributed by atoms with Gasteiger partial charge in [-0.3, -0.25) is 9.59 Å². The number of primary amides is 2. The quantitative estimate of drug-likeness (QED) is 0.432. The Morgan fingerprint density at radius 1 is 0.767 bits per heavy atom. The number of carbonyl (C=O) groups excluding carboxylic acids is 2. The monoisotopic (exact) mass is 452 g/mol. The second kappa shape index (κ2) is 11.4. The lowest BCUT2D eigenvalue weighted by Crippen LogP contribution is -2.14. The SMILES string of the molecule is CCCCc1cc(F)cc(C(N)=O)c1SSc1c(CCCC)cc(F)cc1C(N)=O.